The molecule has 1 fully saturated rings. The molecule has 4 aromatic rings. The van der Waals surface area contributed by atoms with E-state index in [0.717, 1.165) is 35.7 Å². The maximum absolute atomic E-state index is 9.64. The molecule has 8 nitrogen and oxygen atoms in total. The lowest BCUT2D eigenvalue weighted by Gasteiger charge is -2.07. The van der Waals surface area contributed by atoms with E-state index in [4.69, 9.17) is 4.74 Å². The number of ether oxygens (including phenoxy) is 1. The molecule has 3 heterocycles. The number of nitrogens with one attached hydrogen (secondary N) is 1. The van der Waals surface area contributed by atoms with Crippen LogP contribution >= 0.6 is 11.8 Å². The summed E-state index contributed by atoms with van der Waals surface area (Å²) in [6.07, 6.45) is 7.41. The van der Waals surface area contributed by atoms with Crippen LogP contribution in [0.3, 0.4) is 0 Å². The highest BCUT2D eigenvalue weighted by atomic mass is 32.2. The fourth-order valence-electron chi connectivity index (χ4n) is 3.22. The Morgan fingerprint density at radius 3 is 2.50 bits per heavy atom. The number of thioether (sulfide) groups is 1. The average Bonchev–Trinajstić information content (AvgIpc) is 3.54. The summed E-state index contributed by atoms with van der Waals surface area (Å²) < 4.78 is 7.49. The van der Waals surface area contributed by atoms with Gasteiger partial charge in [-0.25, -0.2) is 4.98 Å². The highest BCUT2D eigenvalue weighted by Crippen LogP contribution is 2.43. The van der Waals surface area contributed by atoms with E-state index in [-0.39, 0.29) is 0 Å². The van der Waals surface area contributed by atoms with Gasteiger partial charge in [-0.15, -0.1) is 16.9 Å². The van der Waals surface area contributed by atoms with Crippen LogP contribution in [-0.2, 0) is 0 Å². The van der Waals surface area contributed by atoms with Crippen LogP contribution in [0.15, 0.2) is 53.8 Å². The van der Waals surface area contributed by atoms with Gasteiger partial charge in [0.2, 0.25) is 5.95 Å². The second-order valence-corrected chi connectivity index (χ2v) is 7.64. The second-order valence-electron chi connectivity index (χ2n) is 6.85. The third-order valence-electron chi connectivity index (χ3n) is 4.75. The summed E-state index contributed by atoms with van der Waals surface area (Å²) in [5.41, 5.74) is 2.34. The molecule has 9 heteroatoms. The van der Waals surface area contributed by atoms with Crippen molar-refractivity contribution < 1.29 is 4.74 Å². The minimum Gasteiger partial charge on any atom is -0.457 e. The summed E-state index contributed by atoms with van der Waals surface area (Å²) in [7, 11) is 0. The van der Waals surface area contributed by atoms with E-state index in [1.165, 1.54) is 11.8 Å². The Kier molecular flexibility index (Phi) is 4.69. The first kappa shape index (κ1) is 18.4. The van der Waals surface area contributed by atoms with Gasteiger partial charge in [-0.05, 0) is 55.5 Å². The van der Waals surface area contributed by atoms with Gasteiger partial charge in [0.05, 0.1) is 5.69 Å². The van der Waals surface area contributed by atoms with E-state index in [0.29, 0.717) is 28.2 Å². The molecule has 30 heavy (non-hydrogen) atoms. The van der Waals surface area contributed by atoms with Gasteiger partial charge >= 0.3 is 0 Å². The third kappa shape index (κ3) is 3.53. The maximum Gasteiger partial charge on any atom is 0.255 e. The number of nitriles is 1. The van der Waals surface area contributed by atoms with Crippen LogP contribution in [0.1, 0.15) is 30.0 Å². The SMILES string of the molecule is CSc1nc2nc(Nc3ccc(Oc4ccncc4)cc3)nn2c(C2CC2)c1C#N. The van der Waals surface area contributed by atoms with Gasteiger partial charge in [-0.3, -0.25) is 4.98 Å². The topological polar surface area (TPSA) is 101 Å². The molecule has 3 aromatic heterocycles. The number of hydrogen-bond donors (Lipinski definition) is 1. The van der Waals surface area contributed by atoms with Crippen molar-refractivity contribution in [3.8, 4) is 17.6 Å². The predicted molar refractivity (Wildman–Crippen MR) is 113 cm³/mol. The van der Waals surface area contributed by atoms with Crippen molar-refractivity contribution in [1.82, 2.24) is 24.6 Å². The van der Waals surface area contributed by atoms with Gasteiger partial charge < -0.3 is 10.1 Å². The van der Waals surface area contributed by atoms with Crippen molar-refractivity contribution >= 4 is 29.2 Å². The van der Waals surface area contributed by atoms with Crippen LogP contribution < -0.4 is 10.1 Å². The zero-order chi connectivity index (χ0) is 20.5. The Bertz CT molecular complexity index is 1240. The Morgan fingerprint density at radius 1 is 1.10 bits per heavy atom. The van der Waals surface area contributed by atoms with Crippen molar-refractivity contribution in [2.24, 2.45) is 0 Å². The van der Waals surface area contributed by atoms with Crippen molar-refractivity contribution in [2.45, 2.75) is 23.8 Å². The van der Waals surface area contributed by atoms with E-state index in [1.54, 1.807) is 29.0 Å². The number of hydrogen-bond acceptors (Lipinski definition) is 8. The average molecular weight is 415 g/mol. The molecule has 0 aliphatic heterocycles. The van der Waals surface area contributed by atoms with E-state index in [1.807, 2.05) is 30.5 Å². The first-order chi connectivity index (χ1) is 14.7. The quantitative estimate of drug-likeness (QED) is 0.362. The van der Waals surface area contributed by atoms with E-state index in [9.17, 15) is 5.26 Å². The summed E-state index contributed by atoms with van der Waals surface area (Å²) in [5, 5.41) is 18.1. The Hall–Kier alpha value is -3.64. The normalized spacial score (nSPS) is 13.2. The summed E-state index contributed by atoms with van der Waals surface area (Å²) in [6.45, 7) is 0. The molecule has 5 rings (SSSR count). The molecule has 0 saturated heterocycles. The number of benzene rings is 1. The van der Waals surface area contributed by atoms with E-state index >= 15 is 0 Å². The molecule has 1 N–H and O–H groups in total. The molecule has 0 unspecified atom stereocenters. The molecule has 1 saturated carbocycles. The van der Waals surface area contributed by atoms with Crippen molar-refractivity contribution in [1.29, 1.82) is 5.26 Å². The number of fused-ring (bicyclic) bond motifs is 1. The molecule has 0 spiro atoms. The summed E-state index contributed by atoms with van der Waals surface area (Å²) in [4.78, 5) is 13.0. The number of rotatable bonds is 6. The Balaban J connectivity index is 1.42. The molecule has 1 aliphatic rings. The number of anilines is 2. The first-order valence-electron chi connectivity index (χ1n) is 9.45. The Morgan fingerprint density at radius 2 is 1.83 bits per heavy atom. The molecule has 0 radical (unpaired) electrons. The predicted octanol–water partition coefficient (Wildman–Crippen LogP) is 4.53. The third-order valence-corrected chi connectivity index (χ3v) is 5.44. The van der Waals surface area contributed by atoms with Gasteiger partial charge in [0, 0.05) is 24.0 Å². The molecular weight excluding hydrogens is 398 g/mol. The number of nitrogens with zero attached hydrogens (tertiary/aromatic N) is 6. The van der Waals surface area contributed by atoms with Crippen molar-refractivity contribution in [2.75, 3.05) is 11.6 Å². The molecule has 1 aliphatic carbocycles. The van der Waals surface area contributed by atoms with Gasteiger partial charge in [-0.1, -0.05) is 0 Å². The van der Waals surface area contributed by atoms with Crippen LogP contribution in [0.5, 0.6) is 11.5 Å². The van der Waals surface area contributed by atoms with Crippen LogP contribution in [0.4, 0.5) is 11.6 Å². The smallest absolute Gasteiger partial charge is 0.255 e. The van der Waals surface area contributed by atoms with Gasteiger partial charge in [0.25, 0.3) is 5.78 Å². The van der Waals surface area contributed by atoms with Crippen LogP contribution in [0.2, 0.25) is 0 Å². The zero-order valence-corrected chi connectivity index (χ0v) is 16.9. The molecule has 0 amide bonds. The summed E-state index contributed by atoms with van der Waals surface area (Å²) >= 11 is 1.46. The highest BCUT2D eigenvalue weighted by Gasteiger charge is 2.32. The van der Waals surface area contributed by atoms with Gasteiger partial charge in [0.15, 0.2) is 0 Å². The number of aromatic nitrogens is 5. The maximum atomic E-state index is 9.64. The highest BCUT2D eigenvalue weighted by molar-refractivity contribution is 7.98. The second kappa shape index (κ2) is 7.65. The van der Waals surface area contributed by atoms with E-state index in [2.05, 4.69) is 31.4 Å². The van der Waals surface area contributed by atoms with E-state index < -0.39 is 0 Å². The lowest BCUT2D eigenvalue weighted by Crippen LogP contribution is -2.05. The van der Waals surface area contributed by atoms with Crippen molar-refractivity contribution in [3.63, 3.8) is 0 Å². The Labute approximate surface area is 177 Å². The van der Waals surface area contributed by atoms with Gasteiger partial charge in [-0.2, -0.15) is 14.8 Å². The summed E-state index contributed by atoms with van der Waals surface area (Å²) in [5.74, 6) is 2.73. The monoisotopic (exact) mass is 415 g/mol. The molecule has 148 valence electrons. The van der Waals surface area contributed by atoms with Gasteiger partial charge in [0.1, 0.15) is 28.2 Å². The largest absolute Gasteiger partial charge is 0.457 e. The minimum absolute atomic E-state index is 0.343. The molecule has 0 atom stereocenters. The van der Waals surface area contributed by atoms with Crippen LogP contribution in [0, 0.1) is 11.3 Å². The van der Waals surface area contributed by atoms with Crippen LogP contribution in [-0.4, -0.2) is 30.8 Å². The number of pyridine rings is 1. The minimum atomic E-state index is 0.343. The first-order valence-corrected chi connectivity index (χ1v) is 10.7. The van der Waals surface area contributed by atoms with Crippen molar-refractivity contribution in [3.05, 3.63) is 60.0 Å². The fraction of sp³-hybridized carbons (Fsp3) is 0.190. The molecule has 1 aromatic carbocycles. The standard InChI is InChI=1S/C21H17N7OS/c1-30-19-17(12-22)18(13-2-3-13)28-21(25-19)26-20(27-28)24-14-4-6-15(7-5-14)29-16-8-10-23-11-9-16/h4-11,13H,2-3H2,1H3,(H,24,27). The molecule has 0 bridgehead atoms. The lowest BCUT2D eigenvalue weighted by molar-refractivity contribution is 0.482. The van der Waals surface area contributed by atoms with Crippen LogP contribution in [0.25, 0.3) is 5.78 Å². The molecular formula is C21H17N7OS. The summed E-state index contributed by atoms with van der Waals surface area (Å²) in [6, 6.07) is 13.4. The lowest BCUT2D eigenvalue weighted by atomic mass is 10.2. The fourth-order valence-corrected chi connectivity index (χ4v) is 3.74. The zero-order valence-electron chi connectivity index (χ0n) is 16.1.